The van der Waals surface area contributed by atoms with Gasteiger partial charge >= 0.3 is 13.2 Å². The summed E-state index contributed by atoms with van der Waals surface area (Å²) >= 11 is 0. The lowest BCUT2D eigenvalue weighted by Crippen LogP contribution is -2.46. The van der Waals surface area contributed by atoms with Crippen LogP contribution in [0.1, 0.15) is 6.42 Å². The summed E-state index contributed by atoms with van der Waals surface area (Å²) in [6, 6.07) is -3.55. The van der Waals surface area contributed by atoms with Crippen LogP contribution < -0.4 is 0 Å². The first-order valence-corrected chi connectivity index (χ1v) is 3.57. The molecule has 0 aliphatic carbocycles. The average Bonchev–Trinajstić information content (AvgIpc) is 2.15. The van der Waals surface area contributed by atoms with Gasteiger partial charge in [-0.25, -0.2) is 9.29 Å². The van der Waals surface area contributed by atoms with Gasteiger partial charge in [0, 0.05) is 13.0 Å². The predicted octanol–water partition coefficient (Wildman–Crippen LogP) is -0.365. The van der Waals surface area contributed by atoms with Crippen molar-refractivity contribution < 1.29 is 23.2 Å². The maximum absolute atomic E-state index is 12.7. The van der Waals surface area contributed by atoms with Crippen molar-refractivity contribution in [1.82, 2.24) is 4.90 Å². The molecule has 0 aromatic carbocycles. The Kier molecular flexibility index (Phi) is 2.65. The van der Waals surface area contributed by atoms with Gasteiger partial charge in [-0.05, 0) is 6.42 Å². The fraction of sp³-hybridized carbons (Fsp3) is 1.00. The molecular weight excluding hydrogens is 174 g/mol. The van der Waals surface area contributed by atoms with Gasteiger partial charge in [-0.15, -0.1) is 0 Å². The first-order valence-electron chi connectivity index (χ1n) is 3.57. The van der Waals surface area contributed by atoms with Crippen molar-refractivity contribution in [3.8, 4) is 0 Å². The van der Waals surface area contributed by atoms with Crippen molar-refractivity contribution in [1.29, 1.82) is 0 Å². The molecule has 12 heavy (non-hydrogen) atoms. The van der Waals surface area contributed by atoms with Crippen LogP contribution in [0.2, 0.25) is 0 Å². The summed E-state index contributed by atoms with van der Waals surface area (Å²) in [6.45, 7) is -0.147. The largest absolute Gasteiger partial charge is 0.466 e. The van der Waals surface area contributed by atoms with E-state index in [1.165, 1.54) is 0 Å². The summed E-state index contributed by atoms with van der Waals surface area (Å²) in [7, 11) is -1.85. The lowest BCUT2D eigenvalue weighted by molar-refractivity contribution is -0.150. The molecule has 0 amide bonds. The molecule has 0 saturated carbocycles. The Labute approximate surface area is 67.9 Å². The number of nitrogens with zero attached hydrogens (tertiary/aromatic N) is 1. The topological polar surface area (TPSA) is 43.7 Å². The molecule has 3 nitrogen and oxygen atoms in total. The zero-order valence-corrected chi connectivity index (χ0v) is 6.25. The van der Waals surface area contributed by atoms with E-state index in [1.807, 2.05) is 0 Å². The van der Waals surface area contributed by atoms with E-state index in [0.717, 1.165) is 0 Å². The maximum Gasteiger partial charge on any atom is 0.466 e. The van der Waals surface area contributed by atoms with Crippen LogP contribution in [0.15, 0.2) is 0 Å². The van der Waals surface area contributed by atoms with E-state index in [-0.39, 0.29) is 13.0 Å². The minimum atomic E-state index is -3.55. The molecule has 2 N–H and O–H groups in total. The van der Waals surface area contributed by atoms with E-state index < -0.39 is 25.8 Å². The van der Waals surface area contributed by atoms with Gasteiger partial charge < -0.3 is 10.0 Å². The first kappa shape index (κ1) is 9.82. The molecular formula is C5H9BF3NO2. The fourth-order valence-corrected chi connectivity index (χ4v) is 1.20. The molecule has 0 bridgehead atoms. The third-order valence-corrected chi connectivity index (χ3v) is 1.83. The lowest BCUT2D eigenvalue weighted by Gasteiger charge is -2.23. The van der Waals surface area contributed by atoms with E-state index >= 15 is 0 Å². The zero-order chi connectivity index (χ0) is 9.35. The Morgan fingerprint density at radius 3 is 2.42 bits per heavy atom. The molecule has 1 fully saturated rings. The first-order chi connectivity index (χ1) is 5.44. The summed E-state index contributed by atoms with van der Waals surface area (Å²) in [5, 5.41) is 16.8. The van der Waals surface area contributed by atoms with Crippen LogP contribution in [0.3, 0.4) is 0 Å². The molecule has 1 atom stereocenters. The Hall–Kier alpha value is -0.265. The second-order valence-corrected chi connectivity index (χ2v) is 2.77. The van der Waals surface area contributed by atoms with Crippen LogP contribution >= 0.6 is 0 Å². The molecule has 0 spiro atoms. The third kappa shape index (κ3) is 1.73. The second-order valence-electron chi connectivity index (χ2n) is 2.77. The van der Waals surface area contributed by atoms with Crippen LogP contribution in [-0.2, 0) is 0 Å². The SMILES string of the molecule is OB(O)CN1CCC(F)C1(F)F. The Morgan fingerprint density at radius 2 is 2.08 bits per heavy atom. The standard InChI is InChI=1S/C5H9BF3NO2/c7-4-1-2-10(3-6(11)12)5(4,8)9/h4,11-12H,1-3H2. The monoisotopic (exact) mass is 183 g/mol. The maximum atomic E-state index is 12.7. The molecule has 1 rings (SSSR count). The Balaban J connectivity index is 2.56. The van der Waals surface area contributed by atoms with E-state index in [0.29, 0.717) is 4.90 Å². The van der Waals surface area contributed by atoms with Crippen molar-refractivity contribution in [3.63, 3.8) is 0 Å². The number of hydrogen-bond acceptors (Lipinski definition) is 3. The molecule has 1 aliphatic heterocycles. The lowest BCUT2D eigenvalue weighted by atomic mass is 9.91. The van der Waals surface area contributed by atoms with Gasteiger partial charge in [0.2, 0.25) is 0 Å². The van der Waals surface area contributed by atoms with Gasteiger partial charge in [-0.1, -0.05) is 0 Å². The number of hydrogen-bond donors (Lipinski definition) is 2. The van der Waals surface area contributed by atoms with Crippen molar-refractivity contribution in [3.05, 3.63) is 0 Å². The highest BCUT2D eigenvalue weighted by Gasteiger charge is 2.51. The molecule has 7 heteroatoms. The van der Waals surface area contributed by atoms with Gasteiger partial charge in [0.25, 0.3) is 0 Å². The molecule has 0 aromatic rings. The zero-order valence-electron chi connectivity index (χ0n) is 6.25. The van der Waals surface area contributed by atoms with Gasteiger partial charge in [0.1, 0.15) is 0 Å². The Morgan fingerprint density at radius 1 is 1.50 bits per heavy atom. The quantitative estimate of drug-likeness (QED) is 0.453. The van der Waals surface area contributed by atoms with Crippen molar-refractivity contribution >= 4 is 7.12 Å². The summed E-state index contributed by atoms with van der Waals surface area (Å²) in [5.74, 6) is 0. The summed E-state index contributed by atoms with van der Waals surface area (Å²) in [6.07, 6.45) is -3.08. The van der Waals surface area contributed by atoms with Gasteiger partial charge in [-0.3, -0.25) is 0 Å². The van der Waals surface area contributed by atoms with Crippen molar-refractivity contribution in [2.45, 2.75) is 18.6 Å². The number of rotatable bonds is 2. The average molecular weight is 183 g/mol. The van der Waals surface area contributed by atoms with Gasteiger partial charge in [0.05, 0.1) is 0 Å². The molecule has 70 valence electrons. The Bertz CT molecular complexity index is 169. The van der Waals surface area contributed by atoms with Crippen LogP contribution in [0.25, 0.3) is 0 Å². The van der Waals surface area contributed by atoms with Crippen LogP contribution in [0, 0.1) is 0 Å². The highest BCUT2D eigenvalue weighted by molar-refractivity contribution is 6.41. The predicted molar refractivity (Wildman–Crippen MR) is 36.2 cm³/mol. The minimum Gasteiger partial charge on any atom is -0.426 e. The van der Waals surface area contributed by atoms with Crippen LogP contribution in [-0.4, -0.2) is 47.3 Å². The van der Waals surface area contributed by atoms with E-state index in [4.69, 9.17) is 10.0 Å². The number of likely N-dealkylation sites (tertiary alicyclic amines) is 1. The van der Waals surface area contributed by atoms with Crippen molar-refractivity contribution in [2.24, 2.45) is 0 Å². The normalized spacial score (nSPS) is 29.2. The van der Waals surface area contributed by atoms with Gasteiger partial charge in [0.15, 0.2) is 6.17 Å². The van der Waals surface area contributed by atoms with E-state index in [1.54, 1.807) is 0 Å². The number of halogens is 3. The fourth-order valence-electron chi connectivity index (χ4n) is 1.20. The van der Waals surface area contributed by atoms with Crippen LogP contribution in [0.5, 0.6) is 0 Å². The molecule has 0 radical (unpaired) electrons. The highest BCUT2D eigenvalue weighted by atomic mass is 19.3. The van der Waals surface area contributed by atoms with Crippen molar-refractivity contribution in [2.75, 3.05) is 13.0 Å². The molecule has 1 heterocycles. The van der Waals surface area contributed by atoms with E-state index in [2.05, 4.69) is 0 Å². The minimum absolute atomic E-state index is 0.147. The summed E-state index contributed by atoms with van der Waals surface area (Å²) in [5.41, 5.74) is 0. The molecule has 0 aromatic heterocycles. The third-order valence-electron chi connectivity index (χ3n) is 1.83. The van der Waals surface area contributed by atoms with Gasteiger partial charge in [-0.2, -0.15) is 8.78 Å². The molecule has 1 saturated heterocycles. The summed E-state index contributed by atoms with van der Waals surface area (Å²) in [4.78, 5) is 0.433. The molecule has 1 unspecified atom stereocenters. The number of alkyl halides is 3. The van der Waals surface area contributed by atoms with E-state index in [9.17, 15) is 13.2 Å². The highest BCUT2D eigenvalue weighted by Crippen LogP contribution is 2.34. The smallest absolute Gasteiger partial charge is 0.426 e. The second kappa shape index (κ2) is 3.23. The summed E-state index contributed by atoms with van der Waals surface area (Å²) < 4.78 is 37.8. The molecule has 1 aliphatic rings. The van der Waals surface area contributed by atoms with Crippen LogP contribution in [0.4, 0.5) is 13.2 Å².